The summed E-state index contributed by atoms with van der Waals surface area (Å²) in [4.78, 5) is 30.2. The fourth-order valence-electron chi connectivity index (χ4n) is 7.10. The number of halogens is 2. The molecule has 236 valence electrons. The van der Waals surface area contributed by atoms with Crippen molar-refractivity contribution in [1.82, 2.24) is 24.3 Å². The van der Waals surface area contributed by atoms with E-state index in [1.54, 1.807) is 0 Å². The molecule has 46 heavy (non-hydrogen) atoms. The Bertz CT molecular complexity index is 1810. The lowest BCUT2D eigenvalue weighted by Gasteiger charge is -2.33. The van der Waals surface area contributed by atoms with Crippen molar-refractivity contribution in [2.45, 2.75) is 31.2 Å². The molecule has 2 fully saturated rings. The number of anilines is 1. The van der Waals surface area contributed by atoms with Gasteiger partial charge in [-0.3, -0.25) is 9.78 Å². The summed E-state index contributed by atoms with van der Waals surface area (Å²) in [5.41, 5.74) is 4.85. The smallest absolute Gasteiger partial charge is 0.253 e. The van der Waals surface area contributed by atoms with Gasteiger partial charge in [0.1, 0.15) is 0 Å². The molecule has 0 spiro atoms. The van der Waals surface area contributed by atoms with Crippen molar-refractivity contribution < 1.29 is 4.79 Å². The van der Waals surface area contributed by atoms with Crippen LogP contribution in [0, 0.1) is 0 Å². The molecule has 9 heteroatoms. The second-order valence-corrected chi connectivity index (χ2v) is 13.3. The van der Waals surface area contributed by atoms with Crippen LogP contribution in [-0.4, -0.2) is 76.1 Å². The van der Waals surface area contributed by atoms with E-state index >= 15 is 0 Å². The zero-order valence-corrected chi connectivity index (χ0v) is 27.4. The number of hydrogen-bond donors (Lipinski definition) is 0. The number of fused-ring (bicyclic) bond motifs is 1. The van der Waals surface area contributed by atoms with E-state index in [1.807, 2.05) is 65.7 Å². The Morgan fingerprint density at radius 2 is 1.65 bits per heavy atom. The molecular formula is C37H38Cl2N6O. The van der Waals surface area contributed by atoms with Crippen LogP contribution in [0.2, 0.25) is 10.0 Å². The minimum Gasteiger partial charge on any atom is -0.341 e. The molecule has 0 radical (unpaired) electrons. The van der Waals surface area contributed by atoms with Gasteiger partial charge in [0.05, 0.1) is 33.3 Å². The van der Waals surface area contributed by atoms with Gasteiger partial charge in [-0.2, -0.15) is 0 Å². The van der Waals surface area contributed by atoms with Crippen LogP contribution in [0.25, 0.3) is 11.0 Å². The Labute approximate surface area is 280 Å². The first-order valence-electron chi connectivity index (χ1n) is 16.1. The highest BCUT2D eigenvalue weighted by Crippen LogP contribution is 2.41. The number of benzene rings is 3. The van der Waals surface area contributed by atoms with E-state index in [2.05, 4.69) is 55.7 Å². The van der Waals surface area contributed by atoms with Crippen LogP contribution in [-0.2, 0) is 12.0 Å². The maximum Gasteiger partial charge on any atom is 0.253 e. The average Bonchev–Trinajstić information content (AvgIpc) is 3.60. The van der Waals surface area contributed by atoms with Gasteiger partial charge < -0.3 is 19.3 Å². The second-order valence-electron chi connectivity index (χ2n) is 12.5. The average molecular weight is 654 g/mol. The number of para-hydroxylation sites is 2. The Morgan fingerprint density at radius 1 is 0.826 bits per heavy atom. The number of rotatable bonds is 8. The molecule has 1 unspecified atom stereocenters. The zero-order chi connectivity index (χ0) is 31.5. The zero-order valence-electron chi connectivity index (χ0n) is 25.9. The van der Waals surface area contributed by atoms with E-state index in [4.69, 9.17) is 28.2 Å². The van der Waals surface area contributed by atoms with Gasteiger partial charge >= 0.3 is 0 Å². The summed E-state index contributed by atoms with van der Waals surface area (Å²) in [6.07, 6.45) is 4.72. The minimum atomic E-state index is -0.193. The molecule has 2 aliphatic rings. The first-order chi connectivity index (χ1) is 22.5. The summed E-state index contributed by atoms with van der Waals surface area (Å²) in [7, 11) is 0. The molecule has 0 aliphatic carbocycles. The van der Waals surface area contributed by atoms with E-state index in [1.165, 1.54) is 0 Å². The number of likely N-dealkylation sites (tertiary alicyclic amines) is 1. The van der Waals surface area contributed by atoms with Crippen molar-refractivity contribution in [3.8, 4) is 0 Å². The third-order valence-corrected chi connectivity index (χ3v) is 10.4. The normalized spacial score (nSPS) is 19.1. The molecule has 0 bridgehead atoms. The first kappa shape index (κ1) is 30.7. The van der Waals surface area contributed by atoms with Crippen LogP contribution < -0.4 is 4.90 Å². The Balaban J connectivity index is 1.08. The van der Waals surface area contributed by atoms with Gasteiger partial charge in [-0.15, -0.1) is 0 Å². The molecule has 3 aromatic carbocycles. The van der Waals surface area contributed by atoms with Crippen LogP contribution >= 0.6 is 23.2 Å². The lowest BCUT2D eigenvalue weighted by atomic mass is 9.76. The maximum absolute atomic E-state index is 13.5. The highest BCUT2D eigenvalue weighted by molar-refractivity contribution is 6.42. The molecule has 5 aromatic rings. The van der Waals surface area contributed by atoms with Crippen LogP contribution in [0.15, 0.2) is 97.2 Å². The number of amides is 1. The summed E-state index contributed by atoms with van der Waals surface area (Å²) >= 11 is 12.9. The number of carbonyl (C=O) groups is 1. The van der Waals surface area contributed by atoms with Crippen LogP contribution in [0.4, 0.5) is 5.95 Å². The Hall–Kier alpha value is -3.91. The fraction of sp³-hybridized carbons (Fsp3) is 0.324. The maximum atomic E-state index is 13.5. The molecule has 0 saturated carbocycles. The van der Waals surface area contributed by atoms with E-state index in [0.29, 0.717) is 29.7 Å². The summed E-state index contributed by atoms with van der Waals surface area (Å²) < 4.78 is 2.31. The van der Waals surface area contributed by atoms with Crippen LogP contribution in [0.5, 0.6) is 0 Å². The molecule has 2 aliphatic heterocycles. The number of nitrogens with zero attached hydrogens (tertiary/aromatic N) is 6. The summed E-state index contributed by atoms with van der Waals surface area (Å²) in [6, 6.07) is 30.0. The van der Waals surface area contributed by atoms with E-state index in [0.717, 1.165) is 85.8 Å². The Kier molecular flexibility index (Phi) is 8.98. The standard InChI is InChI=1S/C37H38Cl2N6O/c38-31-15-14-29(25-32(31)39)37(17-22-44(27-37)35(46)28-9-2-1-3-10-28)16-21-42-19-8-20-43(24-23-42)36-41-33-12-4-5-13-34(33)45(36)26-30-11-6-7-18-40-30/h1-7,9-15,18,25H,8,16-17,19-24,26-27H2. The minimum absolute atomic E-state index is 0.0848. The highest BCUT2D eigenvalue weighted by atomic mass is 35.5. The predicted molar refractivity (Wildman–Crippen MR) is 186 cm³/mol. The molecule has 0 N–H and O–H groups in total. The lowest BCUT2D eigenvalue weighted by Crippen LogP contribution is -2.39. The van der Waals surface area contributed by atoms with Crippen LogP contribution in [0.1, 0.15) is 40.9 Å². The quantitative estimate of drug-likeness (QED) is 0.178. The topological polar surface area (TPSA) is 57.5 Å². The van der Waals surface area contributed by atoms with Gasteiger partial charge in [0.2, 0.25) is 5.95 Å². The summed E-state index contributed by atoms with van der Waals surface area (Å²) in [5, 5.41) is 1.11. The largest absolute Gasteiger partial charge is 0.341 e. The molecule has 1 atom stereocenters. The van der Waals surface area contributed by atoms with Gasteiger partial charge in [-0.05, 0) is 86.4 Å². The molecule has 1 amide bonds. The van der Waals surface area contributed by atoms with Crippen molar-refractivity contribution in [3.05, 3.63) is 124 Å². The van der Waals surface area contributed by atoms with Crippen LogP contribution in [0.3, 0.4) is 0 Å². The lowest BCUT2D eigenvalue weighted by molar-refractivity contribution is 0.0781. The summed E-state index contributed by atoms with van der Waals surface area (Å²) in [6.45, 7) is 6.79. The first-order valence-corrected chi connectivity index (χ1v) is 16.9. The highest BCUT2D eigenvalue weighted by Gasteiger charge is 2.42. The van der Waals surface area contributed by atoms with Gasteiger partial charge in [-0.1, -0.05) is 65.7 Å². The van der Waals surface area contributed by atoms with Crippen molar-refractivity contribution in [2.24, 2.45) is 0 Å². The molecule has 4 heterocycles. The van der Waals surface area contributed by atoms with E-state index < -0.39 is 0 Å². The summed E-state index contributed by atoms with van der Waals surface area (Å²) in [5.74, 6) is 1.09. The predicted octanol–water partition coefficient (Wildman–Crippen LogP) is 7.17. The van der Waals surface area contributed by atoms with Gasteiger partial charge in [0.25, 0.3) is 5.91 Å². The monoisotopic (exact) mass is 652 g/mol. The third kappa shape index (κ3) is 6.37. The fourth-order valence-corrected chi connectivity index (χ4v) is 7.40. The van der Waals surface area contributed by atoms with E-state index in [-0.39, 0.29) is 11.3 Å². The molecule has 2 saturated heterocycles. The van der Waals surface area contributed by atoms with Gasteiger partial charge in [0.15, 0.2) is 0 Å². The van der Waals surface area contributed by atoms with Crippen molar-refractivity contribution in [3.63, 3.8) is 0 Å². The van der Waals surface area contributed by atoms with Gasteiger partial charge in [-0.25, -0.2) is 4.98 Å². The van der Waals surface area contributed by atoms with Gasteiger partial charge in [0, 0.05) is 49.9 Å². The van der Waals surface area contributed by atoms with Crippen molar-refractivity contribution >= 4 is 46.1 Å². The number of imidazole rings is 1. The number of pyridine rings is 1. The van der Waals surface area contributed by atoms with E-state index in [9.17, 15) is 4.79 Å². The third-order valence-electron chi connectivity index (χ3n) is 9.65. The number of carbonyl (C=O) groups excluding carboxylic acids is 1. The molecule has 7 nitrogen and oxygen atoms in total. The number of hydrogen-bond acceptors (Lipinski definition) is 5. The van der Waals surface area contributed by atoms with Crippen molar-refractivity contribution in [1.29, 1.82) is 0 Å². The molecule has 2 aromatic heterocycles. The molecular weight excluding hydrogens is 615 g/mol. The number of aromatic nitrogens is 3. The Morgan fingerprint density at radius 3 is 2.48 bits per heavy atom. The SMILES string of the molecule is O=C(c1ccccc1)N1CCC(CCN2CCCN(c3nc4ccccc4n3Cc3ccccn3)CC2)(c2ccc(Cl)c(Cl)c2)C1. The van der Waals surface area contributed by atoms with Crippen molar-refractivity contribution in [2.75, 3.05) is 50.7 Å². The second kappa shape index (κ2) is 13.4. The molecule has 7 rings (SSSR count).